The van der Waals surface area contributed by atoms with Crippen LogP contribution in [0.2, 0.25) is 0 Å². The summed E-state index contributed by atoms with van der Waals surface area (Å²) in [6.45, 7) is 2.08. The summed E-state index contributed by atoms with van der Waals surface area (Å²) in [7, 11) is 0. The number of imidazole rings is 1. The van der Waals surface area contributed by atoms with Gasteiger partial charge in [0, 0.05) is 30.9 Å². The summed E-state index contributed by atoms with van der Waals surface area (Å²) < 4.78 is 9.71. The first-order valence-electron chi connectivity index (χ1n) is 9.32. The van der Waals surface area contributed by atoms with Gasteiger partial charge in [0.05, 0.1) is 24.0 Å². The first-order chi connectivity index (χ1) is 13.9. The first kappa shape index (κ1) is 16.8. The fraction of sp³-hybridized carbons (Fsp3) is 0.250. The molecule has 0 aliphatic heterocycles. The molecule has 4 aromatic heterocycles. The molecule has 8 nitrogen and oxygen atoms in total. The van der Waals surface area contributed by atoms with E-state index in [4.69, 9.17) is 4.74 Å². The predicted molar refractivity (Wildman–Crippen MR) is 105 cm³/mol. The Balaban J connectivity index is 1.31. The summed E-state index contributed by atoms with van der Waals surface area (Å²) in [5, 5.41) is 13.1. The molecule has 1 aromatic carbocycles. The normalized spacial score (nSPS) is 11.7. The van der Waals surface area contributed by atoms with Crippen LogP contribution in [-0.2, 0) is 17.7 Å². The third-order valence-corrected chi connectivity index (χ3v) is 4.86. The molecule has 0 atom stereocenters. The Labute approximate surface area is 160 Å². The topological polar surface area (TPSA) is 83.0 Å². The van der Waals surface area contributed by atoms with Crippen LogP contribution in [0.15, 0.2) is 55.1 Å². The lowest BCUT2D eigenvalue weighted by Crippen LogP contribution is -2.07. The number of pyridine rings is 2. The largest absolute Gasteiger partial charge is 0.380 e. The molecule has 0 spiro atoms. The average molecular weight is 373 g/mol. The van der Waals surface area contributed by atoms with Crippen molar-refractivity contribution in [2.45, 2.75) is 19.4 Å². The molecule has 28 heavy (non-hydrogen) atoms. The minimum absolute atomic E-state index is 0.628. The summed E-state index contributed by atoms with van der Waals surface area (Å²) >= 11 is 0. The van der Waals surface area contributed by atoms with Crippen molar-refractivity contribution in [3.05, 3.63) is 60.7 Å². The first-order valence-corrected chi connectivity index (χ1v) is 9.32. The van der Waals surface area contributed by atoms with Crippen LogP contribution in [0.5, 0.6) is 0 Å². The number of nitrogens with zero attached hydrogens (tertiary/aromatic N) is 7. The van der Waals surface area contributed by atoms with Crippen LogP contribution in [0.3, 0.4) is 0 Å². The number of fused-ring (bicyclic) bond motifs is 6. The van der Waals surface area contributed by atoms with Crippen LogP contribution in [-0.4, -0.2) is 47.8 Å². The van der Waals surface area contributed by atoms with Crippen molar-refractivity contribution in [2.24, 2.45) is 0 Å². The van der Waals surface area contributed by atoms with E-state index < -0.39 is 0 Å². The Hall–Kier alpha value is -3.39. The fourth-order valence-corrected chi connectivity index (χ4v) is 3.54. The van der Waals surface area contributed by atoms with Crippen LogP contribution >= 0.6 is 0 Å². The lowest BCUT2D eigenvalue weighted by atomic mass is 10.2. The Morgan fingerprint density at radius 2 is 2.00 bits per heavy atom. The monoisotopic (exact) mass is 373 g/mol. The van der Waals surface area contributed by atoms with Gasteiger partial charge in [-0.1, -0.05) is 24.3 Å². The van der Waals surface area contributed by atoms with Crippen molar-refractivity contribution in [2.75, 3.05) is 13.2 Å². The van der Waals surface area contributed by atoms with E-state index >= 15 is 0 Å². The van der Waals surface area contributed by atoms with Crippen LogP contribution in [0.4, 0.5) is 0 Å². The van der Waals surface area contributed by atoms with Gasteiger partial charge in [-0.05, 0) is 41.0 Å². The fourth-order valence-electron chi connectivity index (χ4n) is 3.54. The Bertz CT molecular complexity index is 1230. The van der Waals surface area contributed by atoms with Crippen LogP contribution in [0.25, 0.3) is 27.6 Å². The van der Waals surface area contributed by atoms with E-state index in [1.165, 1.54) is 5.56 Å². The predicted octanol–water partition coefficient (Wildman–Crippen LogP) is 2.67. The molecule has 0 aliphatic rings. The summed E-state index contributed by atoms with van der Waals surface area (Å²) in [6.07, 6.45) is 7.49. The summed E-state index contributed by atoms with van der Waals surface area (Å²) in [5.41, 5.74) is 4.72. The minimum atomic E-state index is 0.628. The lowest BCUT2D eigenvalue weighted by Gasteiger charge is -2.08. The Morgan fingerprint density at radius 3 is 2.93 bits per heavy atom. The molecule has 0 N–H and O–H groups in total. The molecule has 0 saturated heterocycles. The molecule has 0 amide bonds. The zero-order valence-electron chi connectivity index (χ0n) is 15.3. The van der Waals surface area contributed by atoms with Gasteiger partial charge >= 0.3 is 0 Å². The minimum Gasteiger partial charge on any atom is -0.380 e. The highest BCUT2D eigenvalue weighted by atomic mass is 16.5. The number of hydrogen-bond acceptors (Lipinski definition) is 6. The van der Waals surface area contributed by atoms with E-state index in [9.17, 15) is 0 Å². The summed E-state index contributed by atoms with van der Waals surface area (Å²) in [6, 6.07) is 12.2. The number of tetrazole rings is 1. The summed E-state index contributed by atoms with van der Waals surface area (Å²) in [5.74, 6) is 0. The lowest BCUT2D eigenvalue weighted by molar-refractivity contribution is 0.125. The van der Waals surface area contributed by atoms with Crippen molar-refractivity contribution in [3.63, 3.8) is 0 Å². The molecular weight excluding hydrogens is 354 g/mol. The number of aromatic nitrogens is 7. The van der Waals surface area contributed by atoms with Gasteiger partial charge < -0.3 is 9.30 Å². The second-order valence-corrected chi connectivity index (χ2v) is 6.64. The number of benzene rings is 1. The number of ether oxygens (including phenoxy) is 1. The van der Waals surface area contributed by atoms with Gasteiger partial charge in [-0.25, -0.2) is 4.98 Å². The molecule has 8 heteroatoms. The van der Waals surface area contributed by atoms with Crippen LogP contribution < -0.4 is 0 Å². The van der Waals surface area contributed by atoms with Gasteiger partial charge in [-0.3, -0.25) is 4.98 Å². The smallest absolute Gasteiger partial charge is 0.207 e. The molecule has 0 unspecified atom stereocenters. The molecule has 140 valence electrons. The molecule has 5 aromatic rings. The molecule has 0 fully saturated rings. The maximum Gasteiger partial charge on any atom is 0.207 e. The van der Waals surface area contributed by atoms with Crippen molar-refractivity contribution in [1.29, 1.82) is 0 Å². The highest BCUT2D eigenvalue weighted by molar-refractivity contribution is 6.07. The van der Waals surface area contributed by atoms with Gasteiger partial charge in [0.1, 0.15) is 5.52 Å². The highest BCUT2D eigenvalue weighted by Crippen LogP contribution is 2.26. The molecule has 0 saturated carbocycles. The molecular formula is C20H19N7O. The zero-order valence-corrected chi connectivity index (χ0v) is 15.3. The maximum atomic E-state index is 5.85. The second kappa shape index (κ2) is 7.32. The Morgan fingerprint density at radius 1 is 1.04 bits per heavy atom. The number of para-hydroxylation sites is 1. The zero-order chi connectivity index (χ0) is 18.8. The van der Waals surface area contributed by atoms with Crippen molar-refractivity contribution >= 4 is 27.6 Å². The van der Waals surface area contributed by atoms with Crippen molar-refractivity contribution in [3.8, 4) is 0 Å². The van der Waals surface area contributed by atoms with Gasteiger partial charge in [-0.2, -0.15) is 4.52 Å². The SMILES string of the molecule is c1cncc(CCCOCCn2cnc3c2c2ccccc2n2nnnc32)c1. The van der Waals surface area contributed by atoms with E-state index in [2.05, 4.69) is 42.2 Å². The van der Waals surface area contributed by atoms with Gasteiger partial charge in [-0.15, -0.1) is 5.10 Å². The molecule has 4 heterocycles. The van der Waals surface area contributed by atoms with E-state index in [-0.39, 0.29) is 0 Å². The van der Waals surface area contributed by atoms with Crippen molar-refractivity contribution < 1.29 is 4.74 Å². The maximum absolute atomic E-state index is 5.85. The van der Waals surface area contributed by atoms with E-state index in [0.29, 0.717) is 12.3 Å². The number of hydrogen-bond donors (Lipinski definition) is 0. The number of aryl methyl sites for hydroxylation is 1. The second-order valence-electron chi connectivity index (χ2n) is 6.64. The van der Waals surface area contributed by atoms with Crippen LogP contribution in [0.1, 0.15) is 12.0 Å². The van der Waals surface area contributed by atoms with Crippen molar-refractivity contribution in [1.82, 2.24) is 34.6 Å². The number of rotatable bonds is 7. The molecule has 0 bridgehead atoms. The average Bonchev–Trinajstić information content (AvgIpc) is 3.39. The third kappa shape index (κ3) is 2.97. The van der Waals surface area contributed by atoms with Gasteiger partial charge in [0.2, 0.25) is 5.65 Å². The van der Waals surface area contributed by atoms with E-state index in [1.54, 1.807) is 10.7 Å². The van der Waals surface area contributed by atoms with E-state index in [0.717, 1.165) is 47.9 Å². The van der Waals surface area contributed by atoms with Gasteiger partial charge in [0.25, 0.3) is 0 Å². The molecule has 0 aliphatic carbocycles. The Kier molecular flexibility index (Phi) is 4.38. The molecule has 5 rings (SSSR count). The van der Waals surface area contributed by atoms with E-state index in [1.807, 2.05) is 36.8 Å². The van der Waals surface area contributed by atoms with Crippen LogP contribution in [0, 0.1) is 0 Å². The highest BCUT2D eigenvalue weighted by Gasteiger charge is 2.15. The van der Waals surface area contributed by atoms with Gasteiger partial charge in [0.15, 0.2) is 0 Å². The quantitative estimate of drug-likeness (QED) is 0.408. The molecule has 0 radical (unpaired) electrons. The third-order valence-electron chi connectivity index (χ3n) is 4.86. The standard InChI is InChI=1S/C20H19N7O/c1-2-8-17-16(7-1)19-18(20-23-24-25-27(17)20)22-14-26(19)10-12-28-11-4-6-15-5-3-9-21-13-15/h1-3,5,7-9,13-14H,4,6,10-12H2. The summed E-state index contributed by atoms with van der Waals surface area (Å²) in [4.78, 5) is 8.70.